The quantitative estimate of drug-likeness (QED) is 0.566. The first kappa shape index (κ1) is 6.84. The molecule has 0 amide bonds. The van der Waals surface area contributed by atoms with Crippen LogP contribution >= 0.6 is 0 Å². The van der Waals surface area contributed by atoms with Gasteiger partial charge in [0.15, 0.2) is 0 Å². The van der Waals surface area contributed by atoms with Crippen LogP contribution < -0.4 is 3.26 Å². The van der Waals surface area contributed by atoms with Crippen molar-refractivity contribution in [2.45, 2.75) is 26.3 Å². The molecule has 0 unspecified atom stereocenters. The first-order valence-corrected chi connectivity index (χ1v) is 3.23. The SMILES string of the molecule is CC(C)(C)[NH][Zr+2].[H-].[H-]. The van der Waals surface area contributed by atoms with Gasteiger partial charge in [0.1, 0.15) is 0 Å². The van der Waals surface area contributed by atoms with Crippen molar-refractivity contribution in [2.75, 3.05) is 0 Å². The first-order valence-electron chi connectivity index (χ1n) is 2.00. The standard InChI is InChI=1S/C4H10N.Zr.2H/c1-4(2,3)5;;;/h5H,1-3H3;;;/q-1;+3;2*-1. The Morgan fingerprint density at radius 3 is 1.67 bits per heavy atom. The third-order valence-electron chi connectivity index (χ3n) is 0.375. The summed E-state index contributed by atoms with van der Waals surface area (Å²) in [5.41, 5.74) is 0.332. The van der Waals surface area contributed by atoms with Gasteiger partial charge in [-0.3, -0.25) is 0 Å². The Morgan fingerprint density at radius 2 is 1.67 bits per heavy atom. The molecule has 0 atom stereocenters. The third-order valence-corrected chi connectivity index (χ3v) is 2.22. The maximum absolute atomic E-state index is 3.19. The van der Waals surface area contributed by atoms with Crippen LogP contribution in [0.3, 0.4) is 0 Å². The molecule has 0 spiro atoms. The van der Waals surface area contributed by atoms with Crippen molar-refractivity contribution in [3.05, 3.63) is 0 Å². The van der Waals surface area contributed by atoms with Crippen molar-refractivity contribution >= 4 is 0 Å². The van der Waals surface area contributed by atoms with E-state index in [4.69, 9.17) is 0 Å². The van der Waals surface area contributed by atoms with E-state index in [0.717, 1.165) is 0 Å². The summed E-state index contributed by atoms with van der Waals surface area (Å²) >= 11 is 1.40. The molecule has 0 aromatic heterocycles. The van der Waals surface area contributed by atoms with E-state index < -0.39 is 0 Å². The topological polar surface area (TPSA) is 12.0 Å². The molecular formula is C4H12NZr. The summed E-state index contributed by atoms with van der Waals surface area (Å²) in [6.45, 7) is 6.46. The van der Waals surface area contributed by atoms with Gasteiger partial charge in [-0.1, -0.05) is 0 Å². The molecular weight excluding hydrogens is 153 g/mol. The van der Waals surface area contributed by atoms with Crippen LogP contribution in [-0.2, 0) is 25.0 Å². The monoisotopic (exact) mass is 164 g/mol. The minimum Gasteiger partial charge on any atom is -1.00 e. The Hall–Kier alpha value is 0.843. The van der Waals surface area contributed by atoms with Crippen molar-refractivity contribution in [3.8, 4) is 0 Å². The van der Waals surface area contributed by atoms with Gasteiger partial charge in [0, 0.05) is 0 Å². The Morgan fingerprint density at radius 1 is 1.50 bits per heavy atom. The van der Waals surface area contributed by atoms with Crippen LogP contribution in [0.1, 0.15) is 23.6 Å². The second-order valence-corrected chi connectivity index (χ2v) is 2.99. The maximum Gasteiger partial charge on any atom is -1.00 e. The largest absolute Gasteiger partial charge is 1.00 e. The van der Waals surface area contributed by atoms with Gasteiger partial charge in [0.25, 0.3) is 0 Å². The average Bonchev–Trinajstić information content (AvgIpc) is 1.35. The molecule has 37 valence electrons. The summed E-state index contributed by atoms with van der Waals surface area (Å²) in [4.78, 5) is 0. The van der Waals surface area contributed by atoms with Crippen molar-refractivity contribution in [1.29, 1.82) is 0 Å². The van der Waals surface area contributed by atoms with Crippen LogP contribution in [-0.4, -0.2) is 5.54 Å². The van der Waals surface area contributed by atoms with Crippen molar-refractivity contribution < 1.29 is 27.9 Å². The van der Waals surface area contributed by atoms with Gasteiger partial charge in [-0.25, -0.2) is 0 Å². The van der Waals surface area contributed by atoms with Gasteiger partial charge in [-0.05, 0) is 0 Å². The van der Waals surface area contributed by atoms with E-state index in [1.807, 2.05) is 0 Å². The Balaban J connectivity index is -0.000000125. The summed E-state index contributed by atoms with van der Waals surface area (Å²) in [7, 11) is 0. The molecule has 0 aliphatic heterocycles. The van der Waals surface area contributed by atoms with Crippen molar-refractivity contribution in [1.82, 2.24) is 3.26 Å². The fourth-order valence-corrected chi connectivity index (χ4v) is 0. The first-order chi connectivity index (χ1) is 2.56. The fraction of sp³-hybridized carbons (Fsp3) is 1.00. The molecule has 1 nitrogen and oxygen atoms in total. The average molecular weight is 165 g/mol. The number of hydrogen-bond acceptors (Lipinski definition) is 1. The van der Waals surface area contributed by atoms with Gasteiger partial charge in [-0.2, -0.15) is 0 Å². The van der Waals surface area contributed by atoms with Crippen molar-refractivity contribution in [3.63, 3.8) is 0 Å². The van der Waals surface area contributed by atoms with E-state index in [2.05, 4.69) is 24.0 Å². The van der Waals surface area contributed by atoms with E-state index in [9.17, 15) is 0 Å². The minimum absolute atomic E-state index is 0. The van der Waals surface area contributed by atoms with Gasteiger partial charge in [0.05, 0.1) is 0 Å². The fourth-order valence-electron chi connectivity index (χ4n) is 0. The van der Waals surface area contributed by atoms with Gasteiger partial charge in [0.2, 0.25) is 0 Å². The summed E-state index contributed by atoms with van der Waals surface area (Å²) in [5, 5.41) is 0. The van der Waals surface area contributed by atoms with E-state index >= 15 is 0 Å². The Bertz CT molecular complexity index is 43.8. The van der Waals surface area contributed by atoms with E-state index in [-0.39, 0.29) is 2.85 Å². The molecule has 6 heavy (non-hydrogen) atoms. The predicted octanol–water partition coefficient (Wildman–Crippen LogP) is 1.06. The second-order valence-electron chi connectivity index (χ2n) is 2.38. The van der Waals surface area contributed by atoms with Crippen LogP contribution in [0.15, 0.2) is 0 Å². The molecule has 0 bridgehead atoms. The second kappa shape index (κ2) is 2.23. The molecule has 0 saturated carbocycles. The molecule has 2 heteroatoms. The Kier molecular flexibility index (Phi) is 2.54. The summed E-state index contributed by atoms with van der Waals surface area (Å²) < 4.78 is 3.19. The zero-order valence-electron chi connectivity index (χ0n) is 6.50. The third kappa shape index (κ3) is 4.84. The van der Waals surface area contributed by atoms with Gasteiger partial charge in [-0.15, -0.1) is 0 Å². The molecule has 0 radical (unpaired) electrons. The number of hydrogen-bond donors (Lipinski definition) is 1. The van der Waals surface area contributed by atoms with E-state index in [1.165, 1.54) is 25.0 Å². The molecule has 0 aliphatic rings. The normalized spacial score (nSPS) is 12.2. The van der Waals surface area contributed by atoms with Crippen LogP contribution in [0.4, 0.5) is 0 Å². The zero-order chi connectivity index (χ0) is 5.21. The number of nitrogens with one attached hydrogen (secondary N) is 1. The predicted molar refractivity (Wildman–Crippen MR) is 25.1 cm³/mol. The van der Waals surface area contributed by atoms with Crippen LogP contribution in [0, 0.1) is 0 Å². The zero-order valence-corrected chi connectivity index (χ0v) is 6.96. The molecule has 0 aliphatic carbocycles. The summed E-state index contributed by atoms with van der Waals surface area (Å²) in [6.07, 6.45) is 0. The summed E-state index contributed by atoms with van der Waals surface area (Å²) in [5.74, 6) is 0. The molecule has 0 aromatic carbocycles. The maximum atomic E-state index is 3.19. The van der Waals surface area contributed by atoms with Crippen LogP contribution in [0.5, 0.6) is 0 Å². The smallest absolute Gasteiger partial charge is 1.00 e. The molecule has 0 heterocycles. The van der Waals surface area contributed by atoms with Crippen LogP contribution in [0.2, 0.25) is 0 Å². The number of rotatable bonds is 0. The Labute approximate surface area is 57.7 Å². The minimum atomic E-state index is 0. The summed E-state index contributed by atoms with van der Waals surface area (Å²) in [6, 6.07) is 0. The van der Waals surface area contributed by atoms with Gasteiger partial charge < -0.3 is 2.85 Å². The molecule has 0 aromatic rings. The molecule has 0 fully saturated rings. The molecule has 1 N–H and O–H groups in total. The van der Waals surface area contributed by atoms with E-state index in [0.29, 0.717) is 5.54 Å². The van der Waals surface area contributed by atoms with Crippen molar-refractivity contribution in [2.24, 2.45) is 0 Å². The van der Waals surface area contributed by atoms with Crippen LogP contribution in [0.25, 0.3) is 0 Å². The molecule has 0 rings (SSSR count). The van der Waals surface area contributed by atoms with E-state index in [1.54, 1.807) is 0 Å². The van der Waals surface area contributed by atoms with Gasteiger partial charge >= 0.3 is 54.6 Å². The molecule has 0 saturated heterocycles.